The Morgan fingerprint density at radius 3 is 2.42 bits per heavy atom. The average molecular weight is 366 g/mol. The van der Waals surface area contributed by atoms with Crippen LogP contribution < -0.4 is 0 Å². The van der Waals surface area contributed by atoms with E-state index in [9.17, 15) is 29.2 Å². The number of amides is 1. The first-order chi connectivity index (χ1) is 12.1. The van der Waals surface area contributed by atoms with E-state index >= 15 is 0 Å². The van der Waals surface area contributed by atoms with Gasteiger partial charge in [-0.2, -0.15) is 0 Å². The molecule has 0 unspecified atom stereocenters. The van der Waals surface area contributed by atoms with Crippen molar-refractivity contribution in [2.45, 2.75) is 32.4 Å². The van der Waals surface area contributed by atoms with Gasteiger partial charge in [-0.05, 0) is 50.6 Å². The summed E-state index contributed by atoms with van der Waals surface area (Å²) in [6.45, 7) is 3.54. The second-order valence-corrected chi connectivity index (χ2v) is 6.07. The van der Waals surface area contributed by atoms with Gasteiger partial charge in [0.05, 0.1) is 12.3 Å². The highest BCUT2D eigenvalue weighted by Crippen LogP contribution is 2.41. The first kappa shape index (κ1) is 19.5. The van der Waals surface area contributed by atoms with E-state index in [1.54, 1.807) is 13.8 Å². The molecule has 1 heterocycles. The number of hydrogen-bond donors (Lipinski definition) is 1. The van der Waals surface area contributed by atoms with Gasteiger partial charge in [-0.1, -0.05) is 0 Å². The van der Waals surface area contributed by atoms with Gasteiger partial charge in [0.1, 0.15) is 11.4 Å². The van der Waals surface area contributed by atoms with Crippen molar-refractivity contribution < 1.29 is 28.7 Å². The number of nitrogens with zero attached hydrogens (tertiary/aromatic N) is 2. The van der Waals surface area contributed by atoms with Gasteiger partial charge in [-0.3, -0.25) is 14.9 Å². The topological polar surface area (TPSA) is 110 Å². The Bertz CT molecular complexity index is 774. The number of ether oxygens (including phenoxy) is 1. The molecule has 9 heteroatoms. The fraction of sp³-hybridized carbons (Fsp3) is 0.412. The van der Waals surface area contributed by atoms with Crippen molar-refractivity contribution in [3.8, 4) is 0 Å². The quantitative estimate of drug-likeness (QED) is 0.462. The second-order valence-electron chi connectivity index (χ2n) is 6.07. The Morgan fingerprint density at radius 1 is 1.38 bits per heavy atom. The number of aliphatic hydroxyl groups is 1. The molecule has 1 aliphatic heterocycles. The molecule has 26 heavy (non-hydrogen) atoms. The molecule has 0 radical (unpaired) electrons. The molecule has 1 aliphatic rings. The Morgan fingerprint density at radius 2 is 1.96 bits per heavy atom. The number of carbonyl (C=O) groups excluding carboxylic acids is 2. The molecule has 0 aromatic heterocycles. The molecule has 0 fully saturated rings. The summed E-state index contributed by atoms with van der Waals surface area (Å²) in [5, 5.41) is 21.9. The molecule has 8 nitrogen and oxygen atoms in total. The minimum Gasteiger partial charge on any atom is -0.462 e. The van der Waals surface area contributed by atoms with Crippen LogP contribution in [0.5, 0.6) is 0 Å². The molecule has 0 saturated carbocycles. The molecule has 1 N–H and O–H groups in total. The van der Waals surface area contributed by atoms with Gasteiger partial charge < -0.3 is 14.7 Å². The first-order valence-corrected chi connectivity index (χ1v) is 7.99. The molecule has 1 amide bonds. The number of hydrogen-bond acceptors (Lipinski definition) is 6. The Balaban J connectivity index is 2.79. The zero-order valence-electron chi connectivity index (χ0n) is 14.6. The lowest BCUT2D eigenvalue weighted by Crippen LogP contribution is -2.50. The number of nitro groups is 1. The Hall–Kier alpha value is -2.81. The third-order valence-corrected chi connectivity index (χ3v) is 3.94. The molecule has 0 aliphatic carbocycles. The minimum atomic E-state index is -2.66. The zero-order valence-corrected chi connectivity index (χ0v) is 14.6. The summed E-state index contributed by atoms with van der Waals surface area (Å²) in [4.78, 5) is 36.6. The van der Waals surface area contributed by atoms with Crippen LogP contribution in [0.25, 0.3) is 5.70 Å². The van der Waals surface area contributed by atoms with E-state index in [0.29, 0.717) is 0 Å². The molecule has 0 saturated heterocycles. The normalized spacial score (nSPS) is 20.1. The predicted molar refractivity (Wildman–Crippen MR) is 88.7 cm³/mol. The van der Waals surface area contributed by atoms with E-state index in [1.165, 1.54) is 19.1 Å². The molecule has 140 valence electrons. The number of rotatable bonds is 6. The molecule has 1 aromatic carbocycles. The molecule has 0 bridgehead atoms. The summed E-state index contributed by atoms with van der Waals surface area (Å²) < 4.78 is 18.2. The van der Waals surface area contributed by atoms with Crippen LogP contribution >= 0.6 is 0 Å². The van der Waals surface area contributed by atoms with Crippen LogP contribution in [-0.4, -0.2) is 51.6 Å². The van der Waals surface area contributed by atoms with Gasteiger partial charge in [0, 0.05) is 11.0 Å². The van der Waals surface area contributed by atoms with Crippen molar-refractivity contribution in [3.63, 3.8) is 0 Å². The number of benzene rings is 1. The van der Waals surface area contributed by atoms with Gasteiger partial charge in [0.2, 0.25) is 12.1 Å². The van der Waals surface area contributed by atoms with E-state index in [2.05, 4.69) is 0 Å². The average Bonchev–Trinajstić information content (AvgIpc) is 2.76. The van der Waals surface area contributed by atoms with Crippen molar-refractivity contribution >= 4 is 17.6 Å². The lowest BCUT2D eigenvalue weighted by molar-refractivity contribution is -0.494. The molecule has 2 rings (SSSR count). The lowest BCUT2D eigenvalue weighted by atomic mass is 9.93. The van der Waals surface area contributed by atoms with Crippen molar-refractivity contribution in [3.05, 3.63) is 51.3 Å². The summed E-state index contributed by atoms with van der Waals surface area (Å²) in [6.07, 6.45) is 0. The van der Waals surface area contributed by atoms with Gasteiger partial charge in [-0.15, -0.1) is 0 Å². The van der Waals surface area contributed by atoms with Gasteiger partial charge >= 0.3 is 5.97 Å². The van der Waals surface area contributed by atoms with E-state index in [4.69, 9.17) is 4.74 Å². The van der Waals surface area contributed by atoms with Crippen LogP contribution in [0.3, 0.4) is 0 Å². The second kappa shape index (κ2) is 7.20. The maximum Gasteiger partial charge on any atom is 0.339 e. The van der Waals surface area contributed by atoms with Crippen molar-refractivity contribution in [1.82, 2.24) is 4.90 Å². The third-order valence-electron chi connectivity index (χ3n) is 3.94. The summed E-state index contributed by atoms with van der Waals surface area (Å²) in [6, 6.07) is 4.38. The molecule has 1 atom stereocenters. The standard InChI is InChI=1S/C17H19FN2O6/c1-4-26-15(21)13-14(11-5-7-12(18)8-6-11)20(10(2)3)16(22)17(13,23)9-19(24)25/h5-8,10,23H,4,9H2,1-3H3/t17-/m1/s1. The maximum atomic E-state index is 13.3. The minimum absolute atomic E-state index is 0.0206. The summed E-state index contributed by atoms with van der Waals surface area (Å²) >= 11 is 0. The summed E-state index contributed by atoms with van der Waals surface area (Å²) in [5.74, 6) is -2.56. The highest BCUT2D eigenvalue weighted by atomic mass is 19.1. The smallest absolute Gasteiger partial charge is 0.339 e. The Kier molecular flexibility index (Phi) is 5.41. The fourth-order valence-electron chi connectivity index (χ4n) is 2.91. The lowest BCUT2D eigenvalue weighted by Gasteiger charge is -2.26. The van der Waals surface area contributed by atoms with Gasteiger partial charge in [0.15, 0.2) is 0 Å². The van der Waals surface area contributed by atoms with E-state index < -0.39 is 46.4 Å². The van der Waals surface area contributed by atoms with Gasteiger partial charge in [-0.25, -0.2) is 9.18 Å². The van der Waals surface area contributed by atoms with E-state index in [0.717, 1.165) is 17.0 Å². The zero-order chi connectivity index (χ0) is 19.6. The third kappa shape index (κ3) is 3.30. The van der Waals surface area contributed by atoms with Crippen LogP contribution in [0.2, 0.25) is 0 Å². The van der Waals surface area contributed by atoms with Crippen LogP contribution in [-0.2, 0) is 14.3 Å². The summed E-state index contributed by atoms with van der Waals surface area (Å²) in [5.41, 5.74) is -2.94. The molecular weight excluding hydrogens is 347 g/mol. The molecule has 0 spiro atoms. The van der Waals surface area contributed by atoms with Crippen molar-refractivity contribution in [2.75, 3.05) is 13.2 Å². The highest BCUT2D eigenvalue weighted by Gasteiger charge is 2.59. The molecular formula is C17H19FN2O6. The van der Waals surface area contributed by atoms with Crippen molar-refractivity contribution in [1.29, 1.82) is 0 Å². The van der Waals surface area contributed by atoms with E-state index in [1.807, 2.05) is 0 Å². The number of halogens is 1. The monoisotopic (exact) mass is 366 g/mol. The van der Waals surface area contributed by atoms with Gasteiger partial charge in [0.25, 0.3) is 5.91 Å². The first-order valence-electron chi connectivity index (χ1n) is 7.99. The van der Waals surface area contributed by atoms with E-state index in [-0.39, 0.29) is 17.9 Å². The van der Waals surface area contributed by atoms with Crippen LogP contribution in [0.1, 0.15) is 26.3 Å². The fourth-order valence-corrected chi connectivity index (χ4v) is 2.91. The van der Waals surface area contributed by atoms with Crippen LogP contribution in [0.15, 0.2) is 29.8 Å². The predicted octanol–water partition coefficient (Wildman–Crippen LogP) is 1.36. The van der Waals surface area contributed by atoms with Crippen LogP contribution in [0.4, 0.5) is 4.39 Å². The summed E-state index contributed by atoms with van der Waals surface area (Å²) in [7, 11) is 0. The maximum absolute atomic E-state index is 13.3. The SMILES string of the molecule is CCOC(=O)C1=C(c2ccc(F)cc2)N(C(C)C)C(=O)[C@@]1(O)C[N+](=O)[O-]. The number of esters is 1. The Labute approximate surface area is 149 Å². The highest BCUT2D eigenvalue weighted by molar-refractivity contribution is 6.15. The van der Waals surface area contributed by atoms with Crippen LogP contribution in [0, 0.1) is 15.9 Å². The largest absolute Gasteiger partial charge is 0.462 e. The molecule has 1 aromatic rings. The number of carbonyl (C=O) groups is 2. The van der Waals surface area contributed by atoms with Crippen molar-refractivity contribution in [2.24, 2.45) is 0 Å².